The second-order valence-electron chi connectivity index (χ2n) is 9.27. The molecule has 0 aliphatic rings. The van der Waals surface area contributed by atoms with Crippen molar-refractivity contribution in [3.63, 3.8) is 0 Å². The van der Waals surface area contributed by atoms with Gasteiger partial charge in [-0.3, -0.25) is 13.9 Å². The molecule has 220 valence electrons. The first-order valence-electron chi connectivity index (χ1n) is 13.0. The van der Waals surface area contributed by atoms with Gasteiger partial charge in [0.25, 0.3) is 10.0 Å². The molecule has 0 saturated carbocycles. The molecule has 0 heterocycles. The van der Waals surface area contributed by atoms with Gasteiger partial charge in [0.15, 0.2) is 11.5 Å². The molecule has 3 rings (SSSR count). The molecule has 0 aromatic heterocycles. The second kappa shape index (κ2) is 13.9. The van der Waals surface area contributed by atoms with Gasteiger partial charge in [-0.2, -0.15) is 0 Å². The van der Waals surface area contributed by atoms with Crippen molar-refractivity contribution in [2.24, 2.45) is 0 Å². The van der Waals surface area contributed by atoms with Crippen molar-refractivity contribution in [2.45, 2.75) is 37.8 Å². The van der Waals surface area contributed by atoms with Crippen molar-refractivity contribution in [2.75, 3.05) is 39.2 Å². The molecule has 2 amide bonds. The molecule has 0 unspecified atom stereocenters. The maximum atomic E-state index is 14.1. The first-order chi connectivity index (χ1) is 19.6. The van der Waals surface area contributed by atoms with E-state index in [0.717, 1.165) is 15.4 Å². The third kappa shape index (κ3) is 7.29. The van der Waals surface area contributed by atoms with Gasteiger partial charge in [-0.05, 0) is 55.3 Å². The lowest BCUT2D eigenvalue weighted by molar-refractivity contribution is -0.140. The van der Waals surface area contributed by atoms with Crippen LogP contribution in [0.4, 0.5) is 5.69 Å². The maximum Gasteiger partial charge on any atom is 0.264 e. The van der Waals surface area contributed by atoms with Crippen molar-refractivity contribution in [1.82, 2.24) is 10.2 Å². The number of carbonyl (C=O) groups excluding carboxylic acids is 2. The Balaban J connectivity index is 2.08. The summed E-state index contributed by atoms with van der Waals surface area (Å²) < 4.78 is 45.0. The average molecular weight is 584 g/mol. The SMILES string of the molecule is CC[C@@H](C(=O)NC)N(Cc1ccc(OC)cc1)C(=O)CN(c1ccc(C)cc1)S(=O)(=O)c1ccc(OC)c(OC)c1. The van der Waals surface area contributed by atoms with Crippen molar-refractivity contribution >= 4 is 27.5 Å². The summed E-state index contributed by atoms with van der Waals surface area (Å²) in [4.78, 5) is 28.2. The van der Waals surface area contributed by atoms with Gasteiger partial charge in [-0.1, -0.05) is 36.8 Å². The van der Waals surface area contributed by atoms with E-state index < -0.39 is 28.5 Å². The molecule has 1 atom stereocenters. The summed E-state index contributed by atoms with van der Waals surface area (Å²) in [6.45, 7) is 3.23. The van der Waals surface area contributed by atoms with Gasteiger partial charge < -0.3 is 24.4 Å². The Morgan fingerprint density at radius 2 is 1.51 bits per heavy atom. The van der Waals surface area contributed by atoms with E-state index in [1.807, 2.05) is 6.92 Å². The zero-order valence-corrected chi connectivity index (χ0v) is 25.0. The van der Waals surface area contributed by atoms with Crippen LogP contribution < -0.4 is 23.8 Å². The average Bonchev–Trinajstić information content (AvgIpc) is 2.99. The topological polar surface area (TPSA) is 114 Å². The number of carbonyl (C=O) groups is 2. The molecule has 11 heteroatoms. The van der Waals surface area contributed by atoms with Gasteiger partial charge in [0.05, 0.1) is 31.9 Å². The lowest BCUT2D eigenvalue weighted by Crippen LogP contribution is -2.51. The number of sulfonamides is 1. The fourth-order valence-corrected chi connectivity index (χ4v) is 5.79. The molecule has 0 bridgehead atoms. The Kier molecular flexibility index (Phi) is 10.6. The Labute approximate surface area is 241 Å². The highest BCUT2D eigenvalue weighted by Crippen LogP contribution is 2.32. The molecule has 0 radical (unpaired) electrons. The zero-order chi connectivity index (χ0) is 30.2. The van der Waals surface area contributed by atoms with Crippen LogP contribution in [0.1, 0.15) is 24.5 Å². The molecule has 0 fully saturated rings. The van der Waals surface area contributed by atoms with Crippen LogP contribution in [0.5, 0.6) is 17.2 Å². The number of nitrogens with zero attached hydrogens (tertiary/aromatic N) is 2. The fourth-order valence-electron chi connectivity index (χ4n) is 4.36. The van der Waals surface area contributed by atoms with Gasteiger partial charge in [-0.15, -0.1) is 0 Å². The van der Waals surface area contributed by atoms with Crippen LogP contribution in [0.25, 0.3) is 0 Å². The summed E-state index contributed by atoms with van der Waals surface area (Å²) >= 11 is 0. The number of hydrogen-bond donors (Lipinski definition) is 1. The number of amides is 2. The van der Waals surface area contributed by atoms with E-state index in [-0.39, 0.29) is 23.1 Å². The molecule has 10 nitrogen and oxygen atoms in total. The molecular weight excluding hydrogens is 546 g/mol. The van der Waals surface area contributed by atoms with Crippen LogP contribution in [0.2, 0.25) is 0 Å². The number of ether oxygens (including phenoxy) is 3. The van der Waals surface area contributed by atoms with Gasteiger partial charge in [-0.25, -0.2) is 8.42 Å². The van der Waals surface area contributed by atoms with Gasteiger partial charge >= 0.3 is 0 Å². The summed E-state index contributed by atoms with van der Waals surface area (Å²) in [6.07, 6.45) is 0.328. The highest BCUT2D eigenvalue weighted by atomic mass is 32.2. The highest BCUT2D eigenvalue weighted by molar-refractivity contribution is 7.92. The second-order valence-corrected chi connectivity index (χ2v) is 11.1. The number of anilines is 1. The van der Waals surface area contributed by atoms with E-state index in [1.54, 1.807) is 62.6 Å². The summed E-state index contributed by atoms with van der Waals surface area (Å²) in [5.41, 5.74) is 1.98. The van der Waals surface area contributed by atoms with Crippen molar-refractivity contribution in [3.8, 4) is 17.2 Å². The third-order valence-electron chi connectivity index (χ3n) is 6.69. The lowest BCUT2D eigenvalue weighted by Gasteiger charge is -2.33. The maximum absolute atomic E-state index is 14.1. The Morgan fingerprint density at radius 1 is 0.878 bits per heavy atom. The monoisotopic (exact) mass is 583 g/mol. The molecule has 3 aromatic rings. The molecule has 0 aliphatic heterocycles. The molecular formula is C30H37N3O7S. The molecule has 3 aromatic carbocycles. The summed E-state index contributed by atoms with van der Waals surface area (Å²) in [6, 6.07) is 17.4. The van der Waals surface area contributed by atoms with E-state index >= 15 is 0 Å². The standard InChI is InChI=1S/C30H37N3O7S/c1-7-26(30(35)31-3)32(19-22-10-14-24(38-4)15-11-22)29(34)20-33(23-12-8-21(2)9-13-23)41(36,37)25-16-17-27(39-5)28(18-25)40-6/h8-18,26H,7,19-20H2,1-6H3,(H,31,35)/t26-/m0/s1. The number of aryl methyl sites for hydroxylation is 1. The van der Waals surface area contributed by atoms with Crippen LogP contribution in [0.15, 0.2) is 71.6 Å². The van der Waals surface area contributed by atoms with Crippen molar-refractivity contribution in [1.29, 1.82) is 0 Å². The number of benzene rings is 3. The minimum absolute atomic E-state index is 0.0800. The fraction of sp³-hybridized carbons (Fsp3) is 0.333. The van der Waals surface area contributed by atoms with Crippen molar-refractivity contribution in [3.05, 3.63) is 77.9 Å². The molecule has 1 N–H and O–H groups in total. The summed E-state index contributed by atoms with van der Waals surface area (Å²) in [7, 11) is 1.67. The van der Waals surface area contributed by atoms with Crippen LogP contribution in [0, 0.1) is 6.92 Å². The first-order valence-corrected chi connectivity index (χ1v) is 14.5. The van der Waals surface area contributed by atoms with E-state index in [0.29, 0.717) is 23.6 Å². The third-order valence-corrected chi connectivity index (χ3v) is 8.46. The predicted octanol–water partition coefficient (Wildman–Crippen LogP) is 3.77. The van der Waals surface area contributed by atoms with E-state index in [1.165, 1.54) is 44.4 Å². The number of hydrogen-bond acceptors (Lipinski definition) is 7. The smallest absolute Gasteiger partial charge is 0.264 e. The summed E-state index contributed by atoms with van der Waals surface area (Å²) in [5, 5.41) is 2.62. The number of rotatable bonds is 13. The quantitative estimate of drug-likeness (QED) is 0.326. The van der Waals surface area contributed by atoms with Gasteiger partial charge in [0.1, 0.15) is 18.3 Å². The Morgan fingerprint density at radius 3 is 2.05 bits per heavy atom. The van der Waals surface area contributed by atoms with Crippen LogP contribution in [0.3, 0.4) is 0 Å². The van der Waals surface area contributed by atoms with Crippen LogP contribution >= 0.6 is 0 Å². The van der Waals surface area contributed by atoms with E-state index in [4.69, 9.17) is 14.2 Å². The van der Waals surface area contributed by atoms with Crippen LogP contribution in [-0.2, 0) is 26.2 Å². The number of likely N-dealkylation sites (N-methyl/N-ethyl adjacent to an activating group) is 1. The van der Waals surface area contributed by atoms with E-state index in [9.17, 15) is 18.0 Å². The largest absolute Gasteiger partial charge is 0.497 e. The normalized spacial score (nSPS) is 11.8. The Bertz CT molecular complexity index is 1440. The molecule has 0 spiro atoms. The zero-order valence-electron chi connectivity index (χ0n) is 24.2. The minimum atomic E-state index is -4.26. The molecule has 0 aliphatic carbocycles. The molecule has 0 saturated heterocycles. The van der Waals surface area contributed by atoms with Crippen LogP contribution in [-0.4, -0.2) is 66.1 Å². The summed E-state index contributed by atoms with van der Waals surface area (Å²) in [5.74, 6) is 0.360. The predicted molar refractivity (Wildman–Crippen MR) is 157 cm³/mol. The minimum Gasteiger partial charge on any atom is -0.497 e. The first kappa shape index (κ1) is 31.3. The number of methoxy groups -OCH3 is 3. The van der Waals surface area contributed by atoms with Gasteiger partial charge in [0.2, 0.25) is 11.8 Å². The van der Waals surface area contributed by atoms with E-state index in [2.05, 4.69) is 5.32 Å². The Hall–Kier alpha value is -4.25. The molecule has 41 heavy (non-hydrogen) atoms. The van der Waals surface area contributed by atoms with Crippen molar-refractivity contribution < 1.29 is 32.2 Å². The lowest BCUT2D eigenvalue weighted by atomic mass is 10.1. The highest BCUT2D eigenvalue weighted by Gasteiger charge is 2.33. The number of nitrogens with one attached hydrogen (secondary N) is 1. The van der Waals surface area contributed by atoms with Gasteiger partial charge in [0, 0.05) is 19.7 Å².